The largest absolute Gasteiger partial charge is 0.288 e. The molecule has 0 amide bonds. The summed E-state index contributed by atoms with van der Waals surface area (Å²) in [5.74, 6) is -0.00116. The number of rotatable bonds is 2. The third-order valence-electron chi connectivity index (χ3n) is 2.07. The molecule has 0 saturated carbocycles. The van der Waals surface area contributed by atoms with Gasteiger partial charge in [0.25, 0.3) is 0 Å². The fourth-order valence-electron chi connectivity index (χ4n) is 1.25. The summed E-state index contributed by atoms with van der Waals surface area (Å²) < 4.78 is 0. The number of carbonyl (C=O) groups excluding carboxylic acids is 1. The average Bonchev–Trinajstić information content (AvgIpc) is 2.71. The molecule has 1 aromatic carbocycles. The van der Waals surface area contributed by atoms with Crippen LogP contribution < -0.4 is 0 Å². The first-order chi connectivity index (χ1) is 6.77. The number of aromatic nitrogens is 2. The molecular formula is C11H10N2O. The van der Waals surface area contributed by atoms with Crippen LogP contribution in [0.2, 0.25) is 0 Å². The SMILES string of the molecule is Cc1ccc(C(=O)c2cn[nH]c2)cc1. The van der Waals surface area contributed by atoms with Gasteiger partial charge in [-0.25, -0.2) is 0 Å². The Kier molecular flexibility index (Phi) is 2.14. The van der Waals surface area contributed by atoms with E-state index in [0.717, 1.165) is 5.56 Å². The highest BCUT2D eigenvalue weighted by atomic mass is 16.1. The molecule has 1 heterocycles. The molecule has 14 heavy (non-hydrogen) atoms. The molecule has 0 unspecified atom stereocenters. The number of ketones is 1. The van der Waals surface area contributed by atoms with E-state index in [2.05, 4.69) is 10.2 Å². The molecule has 0 aliphatic carbocycles. The van der Waals surface area contributed by atoms with Crippen LogP contribution in [-0.2, 0) is 0 Å². The van der Waals surface area contributed by atoms with Crippen LogP contribution in [-0.4, -0.2) is 16.0 Å². The van der Waals surface area contributed by atoms with Crippen LogP contribution in [0.5, 0.6) is 0 Å². The topological polar surface area (TPSA) is 45.8 Å². The monoisotopic (exact) mass is 186 g/mol. The maximum atomic E-state index is 11.8. The smallest absolute Gasteiger partial charge is 0.196 e. The molecule has 0 fully saturated rings. The molecule has 0 aliphatic heterocycles. The number of nitrogens with zero attached hydrogens (tertiary/aromatic N) is 1. The lowest BCUT2D eigenvalue weighted by molar-refractivity contribution is 0.103. The van der Waals surface area contributed by atoms with E-state index in [1.54, 1.807) is 6.20 Å². The third-order valence-corrected chi connectivity index (χ3v) is 2.07. The van der Waals surface area contributed by atoms with E-state index in [0.29, 0.717) is 11.1 Å². The first-order valence-corrected chi connectivity index (χ1v) is 4.37. The highest BCUT2D eigenvalue weighted by Crippen LogP contribution is 2.09. The molecule has 0 spiro atoms. The fraction of sp³-hybridized carbons (Fsp3) is 0.0909. The van der Waals surface area contributed by atoms with Crippen molar-refractivity contribution in [1.82, 2.24) is 10.2 Å². The van der Waals surface area contributed by atoms with Crippen LogP contribution in [0, 0.1) is 6.92 Å². The zero-order chi connectivity index (χ0) is 9.97. The van der Waals surface area contributed by atoms with E-state index >= 15 is 0 Å². The van der Waals surface area contributed by atoms with Crippen LogP contribution in [0.25, 0.3) is 0 Å². The van der Waals surface area contributed by atoms with Gasteiger partial charge in [-0.15, -0.1) is 0 Å². The standard InChI is InChI=1S/C11H10N2O/c1-8-2-4-9(5-3-8)11(14)10-6-12-13-7-10/h2-7H,1H3,(H,12,13). The minimum atomic E-state index is -0.00116. The Labute approximate surface area is 81.8 Å². The summed E-state index contributed by atoms with van der Waals surface area (Å²) in [4.78, 5) is 11.8. The molecule has 2 aromatic rings. The van der Waals surface area contributed by atoms with E-state index in [-0.39, 0.29) is 5.78 Å². The van der Waals surface area contributed by atoms with Gasteiger partial charge in [-0.1, -0.05) is 29.8 Å². The number of carbonyl (C=O) groups is 1. The minimum absolute atomic E-state index is 0.00116. The fourth-order valence-corrected chi connectivity index (χ4v) is 1.25. The molecule has 70 valence electrons. The van der Waals surface area contributed by atoms with E-state index in [9.17, 15) is 4.79 Å². The Morgan fingerprint density at radius 1 is 1.21 bits per heavy atom. The summed E-state index contributed by atoms with van der Waals surface area (Å²) >= 11 is 0. The molecule has 2 rings (SSSR count). The van der Waals surface area contributed by atoms with Crippen LogP contribution in [0.4, 0.5) is 0 Å². The summed E-state index contributed by atoms with van der Waals surface area (Å²) in [5, 5.41) is 6.36. The Morgan fingerprint density at radius 3 is 2.50 bits per heavy atom. The lowest BCUT2D eigenvalue weighted by atomic mass is 10.1. The second-order valence-corrected chi connectivity index (χ2v) is 3.18. The van der Waals surface area contributed by atoms with Gasteiger partial charge < -0.3 is 0 Å². The molecular weight excluding hydrogens is 176 g/mol. The van der Waals surface area contributed by atoms with Gasteiger partial charge in [-0.05, 0) is 6.92 Å². The van der Waals surface area contributed by atoms with Crippen molar-refractivity contribution in [3.8, 4) is 0 Å². The van der Waals surface area contributed by atoms with Gasteiger partial charge in [-0.2, -0.15) is 5.10 Å². The Bertz CT molecular complexity index is 429. The van der Waals surface area contributed by atoms with Crippen LogP contribution in [0.1, 0.15) is 21.5 Å². The second kappa shape index (κ2) is 3.46. The first-order valence-electron chi connectivity index (χ1n) is 4.37. The normalized spacial score (nSPS) is 10.1. The van der Waals surface area contributed by atoms with Crippen molar-refractivity contribution in [2.45, 2.75) is 6.92 Å². The lowest BCUT2D eigenvalue weighted by Crippen LogP contribution is -1.99. The Hall–Kier alpha value is -1.90. The van der Waals surface area contributed by atoms with Crippen LogP contribution >= 0.6 is 0 Å². The van der Waals surface area contributed by atoms with Crippen molar-refractivity contribution >= 4 is 5.78 Å². The highest BCUT2D eigenvalue weighted by Gasteiger charge is 2.08. The van der Waals surface area contributed by atoms with E-state index in [4.69, 9.17) is 0 Å². The summed E-state index contributed by atoms with van der Waals surface area (Å²) in [5.41, 5.74) is 2.43. The van der Waals surface area contributed by atoms with Gasteiger partial charge in [0, 0.05) is 11.8 Å². The van der Waals surface area contributed by atoms with Crippen molar-refractivity contribution in [3.05, 3.63) is 53.3 Å². The number of H-pyrrole nitrogens is 1. The van der Waals surface area contributed by atoms with Gasteiger partial charge in [0.2, 0.25) is 0 Å². The van der Waals surface area contributed by atoms with Crippen LogP contribution in [0.15, 0.2) is 36.7 Å². The number of benzene rings is 1. The molecule has 0 atom stereocenters. The number of hydrogen-bond acceptors (Lipinski definition) is 2. The predicted molar refractivity (Wildman–Crippen MR) is 53.2 cm³/mol. The third kappa shape index (κ3) is 1.57. The summed E-state index contributed by atoms with van der Waals surface area (Å²) in [6, 6.07) is 7.50. The Balaban J connectivity index is 2.33. The van der Waals surface area contributed by atoms with Gasteiger partial charge in [0.05, 0.1) is 11.8 Å². The first kappa shape index (κ1) is 8.69. The molecule has 1 aromatic heterocycles. The highest BCUT2D eigenvalue weighted by molar-refractivity contribution is 6.08. The Morgan fingerprint density at radius 2 is 1.93 bits per heavy atom. The maximum absolute atomic E-state index is 11.8. The molecule has 1 N–H and O–H groups in total. The zero-order valence-corrected chi connectivity index (χ0v) is 7.82. The maximum Gasteiger partial charge on any atom is 0.196 e. The molecule has 0 bridgehead atoms. The number of hydrogen-bond donors (Lipinski definition) is 1. The van der Waals surface area contributed by atoms with E-state index in [1.165, 1.54) is 6.20 Å². The number of nitrogens with one attached hydrogen (secondary N) is 1. The van der Waals surface area contributed by atoms with Gasteiger partial charge in [0.15, 0.2) is 5.78 Å². The summed E-state index contributed by atoms with van der Waals surface area (Å²) in [6.07, 6.45) is 3.13. The molecule has 0 saturated heterocycles. The summed E-state index contributed by atoms with van der Waals surface area (Å²) in [7, 11) is 0. The quantitative estimate of drug-likeness (QED) is 0.728. The zero-order valence-electron chi connectivity index (χ0n) is 7.82. The predicted octanol–water partition coefficient (Wildman–Crippen LogP) is 1.95. The number of aromatic amines is 1. The van der Waals surface area contributed by atoms with Crippen molar-refractivity contribution in [1.29, 1.82) is 0 Å². The van der Waals surface area contributed by atoms with Crippen molar-refractivity contribution in [2.24, 2.45) is 0 Å². The van der Waals surface area contributed by atoms with E-state index in [1.807, 2.05) is 31.2 Å². The van der Waals surface area contributed by atoms with Gasteiger partial charge in [-0.3, -0.25) is 9.89 Å². The molecule has 0 radical (unpaired) electrons. The summed E-state index contributed by atoms with van der Waals surface area (Å²) in [6.45, 7) is 1.99. The van der Waals surface area contributed by atoms with Crippen LogP contribution in [0.3, 0.4) is 0 Å². The molecule has 3 heteroatoms. The average molecular weight is 186 g/mol. The van der Waals surface area contributed by atoms with Gasteiger partial charge in [0.1, 0.15) is 0 Å². The minimum Gasteiger partial charge on any atom is -0.288 e. The van der Waals surface area contributed by atoms with Crippen molar-refractivity contribution < 1.29 is 4.79 Å². The molecule has 3 nitrogen and oxygen atoms in total. The van der Waals surface area contributed by atoms with Gasteiger partial charge >= 0.3 is 0 Å². The molecule has 0 aliphatic rings. The lowest BCUT2D eigenvalue weighted by Gasteiger charge is -1.97. The van der Waals surface area contributed by atoms with E-state index < -0.39 is 0 Å². The van der Waals surface area contributed by atoms with Crippen molar-refractivity contribution in [3.63, 3.8) is 0 Å². The van der Waals surface area contributed by atoms with Crippen molar-refractivity contribution in [2.75, 3.05) is 0 Å². The number of aryl methyl sites for hydroxylation is 1. The second-order valence-electron chi connectivity index (χ2n) is 3.18.